The van der Waals surface area contributed by atoms with Gasteiger partial charge in [0.15, 0.2) is 6.10 Å². The zero-order valence-corrected chi connectivity index (χ0v) is 31.0. The lowest BCUT2D eigenvalue weighted by molar-refractivity contribution is -0.161. The van der Waals surface area contributed by atoms with E-state index in [1.165, 1.54) is 89.9 Å². The minimum absolute atomic E-state index is 0.101. The van der Waals surface area contributed by atoms with Gasteiger partial charge >= 0.3 is 11.9 Å². The molecule has 0 aliphatic heterocycles. The smallest absolute Gasteiger partial charge is 0.306 e. The Balaban J connectivity index is 3.72. The van der Waals surface area contributed by atoms with Crippen LogP contribution in [0.15, 0.2) is 72.9 Å². The van der Waals surface area contributed by atoms with E-state index in [1.807, 2.05) is 12.2 Å². The minimum Gasteiger partial charge on any atom is -0.462 e. The third kappa shape index (κ3) is 36.2. The molecule has 0 amide bonds. The second kappa shape index (κ2) is 38.8. The standard InChI is InChI=1S/C43H72O5/c1-3-5-7-9-11-13-15-17-19-20-21-22-24-26-28-30-32-34-36-38-43(46)48-41(39-44)40-47-42(45)37-35-33-31-29-27-25-23-18-16-14-12-10-8-6-4-2/h11,13-14,16-17,19,21-22,26,28,32,34,41,44H,3-10,12,15,18,20,23-25,27,29-31,33,35-40H2,1-2H3. The van der Waals surface area contributed by atoms with Gasteiger partial charge in [0.2, 0.25) is 0 Å². The van der Waals surface area contributed by atoms with E-state index < -0.39 is 12.1 Å². The number of esters is 2. The highest BCUT2D eigenvalue weighted by Crippen LogP contribution is 2.11. The Labute approximate surface area is 295 Å². The van der Waals surface area contributed by atoms with Crippen LogP contribution >= 0.6 is 0 Å². The van der Waals surface area contributed by atoms with Gasteiger partial charge in [0.25, 0.3) is 0 Å². The lowest BCUT2D eigenvalue weighted by atomic mass is 10.1. The van der Waals surface area contributed by atoms with E-state index in [0.717, 1.165) is 44.9 Å². The van der Waals surface area contributed by atoms with Gasteiger partial charge in [-0.25, -0.2) is 0 Å². The molecule has 48 heavy (non-hydrogen) atoms. The monoisotopic (exact) mass is 669 g/mol. The van der Waals surface area contributed by atoms with E-state index >= 15 is 0 Å². The lowest BCUT2D eigenvalue weighted by Crippen LogP contribution is -2.28. The number of aliphatic hydroxyl groups excluding tert-OH is 1. The molecule has 0 aliphatic carbocycles. The van der Waals surface area contributed by atoms with E-state index in [4.69, 9.17) is 9.47 Å². The van der Waals surface area contributed by atoms with E-state index in [2.05, 4.69) is 74.6 Å². The molecule has 0 bridgehead atoms. The second-order valence-corrected chi connectivity index (χ2v) is 12.6. The summed E-state index contributed by atoms with van der Waals surface area (Å²) in [6, 6.07) is 0. The van der Waals surface area contributed by atoms with Gasteiger partial charge in [0.05, 0.1) is 6.61 Å². The van der Waals surface area contributed by atoms with Crippen LogP contribution in [0, 0.1) is 0 Å². The highest BCUT2D eigenvalue weighted by molar-refractivity contribution is 5.70. The van der Waals surface area contributed by atoms with Crippen LogP contribution in [-0.4, -0.2) is 36.4 Å². The normalized spacial score (nSPS) is 13.0. The van der Waals surface area contributed by atoms with Gasteiger partial charge in [-0.2, -0.15) is 0 Å². The average Bonchev–Trinajstić information content (AvgIpc) is 3.09. The molecule has 0 radical (unpaired) electrons. The Bertz CT molecular complexity index is 895. The SMILES string of the molecule is CCCCCC=CCC=CCC=CCC=CCC=CCCC(=O)OC(CO)COC(=O)CCCCCCCCCC=CCCCCCC. The molecule has 1 N–H and O–H groups in total. The number of rotatable bonds is 34. The molecule has 0 aliphatic rings. The van der Waals surface area contributed by atoms with Crippen molar-refractivity contribution in [1.82, 2.24) is 0 Å². The van der Waals surface area contributed by atoms with Crippen LogP contribution in [0.25, 0.3) is 0 Å². The van der Waals surface area contributed by atoms with Gasteiger partial charge in [-0.1, -0.05) is 151 Å². The molecule has 0 rings (SSSR count). The Morgan fingerprint density at radius 3 is 1.40 bits per heavy atom. The molecular formula is C43H72O5. The van der Waals surface area contributed by atoms with E-state index in [1.54, 1.807) is 0 Å². The predicted molar refractivity (Wildman–Crippen MR) is 205 cm³/mol. The molecule has 0 aromatic rings. The van der Waals surface area contributed by atoms with Crippen molar-refractivity contribution in [3.8, 4) is 0 Å². The summed E-state index contributed by atoms with van der Waals surface area (Å²) in [7, 11) is 0. The first kappa shape index (κ1) is 45.3. The average molecular weight is 669 g/mol. The van der Waals surface area contributed by atoms with E-state index in [0.29, 0.717) is 12.8 Å². The highest BCUT2D eigenvalue weighted by Gasteiger charge is 2.15. The lowest BCUT2D eigenvalue weighted by Gasteiger charge is -2.15. The molecule has 0 aromatic carbocycles. The van der Waals surface area contributed by atoms with Crippen molar-refractivity contribution in [2.45, 2.75) is 174 Å². The second-order valence-electron chi connectivity index (χ2n) is 12.6. The van der Waals surface area contributed by atoms with Crippen LogP contribution in [0.1, 0.15) is 168 Å². The first-order chi connectivity index (χ1) is 23.6. The number of aliphatic hydroxyl groups is 1. The fourth-order valence-corrected chi connectivity index (χ4v) is 5.00. The number of carbonyl (C=O) groups is 2. The molecule has 0 saturated heterocycles. The summed E-state index contributed by atoms with van der Waals surface area (Å²) < 4.78 is 10.5. The predicted octanol–water partition coefficient (Wildman–Crippen LogP) is 12.2. The third-order valence-corrected chi connectivity index (χ3v) is 7.99. The molecule has 0 heterocycles. The van der Waals surface area contributed by atoms with Crippen LogP contribution in [0.3, 0.4) is 0 Å². The summed E-state index contributed by atoms with van der Waals surface area (Å²) in [5.41, 5.74) is 0. The molecule has 5 nitrogen and oxygen atoms in total. The summed E-state index contributed by atoms with van der Waals surface area (Å²) in [6.45, 7) is 4.02. The fraction of sp³-hybridized carbons (Fsp3) is 0.674. The highest BCUT2D eigenvalue weighted by atomic mass is 16.6. The summed E-state index contributed by atoms with van der Waals surface area (Å²) in [4.78, 5) is 24.2. The van der Waals surface area contributed by atoms with Crippen molar-refractivity contribution in [2.75, 3.05) is 13.2 Å². The summed E-state index contributed by atoms with van der Waals surface area (Å²) in [5, 5.41) is 9.53. The zero-order valence-electron chi connectivity index (χ0n) is 31.0. The van der Waals surface area contributed by atoms with Crippen molar-refractivity contribution in [2.24, 2.45) is 0 Å². The first-order valence-electron chi connectivity index (χ1n) is 19.5. The van der Waals surface area contributed by atoms with Crippen molar-refractivity contribution >= 4 is 11.9 Å². The van der Waals surface area contributed by atoms with Gasteiger partial charge in [0.1, 0.15) is 6.61 Å². The Morgan fingerprint density at radius 1 is 0.479 bits per heavy atom. The maximum absolute atomic E-state index is 12.1. The topological polar surface area (TPSA) is 72.8 Å². The van der Waals surface area contributed by atoms with Gasteiger partial charge in [0, 0.05) is 12.8 Å². The third-order valence-electron chi connectivity index (χ3n) is 7.99. The first-order valence-corrected chi connectivity index (χ1v) is 19.5. The molecule has 0 saturated carbocycles. The van der Waals surface area contributed by atoms with Crippen LogP contribution in [0.4, 0.5) is 0 Å². The largest absolute Gasteiger partial charge is 0.462 e. The number of hydrogen-bond donors (Lipinski definition) is 1. The summed E-state index contributed by atoms with van der Waals surface area (Å²) in [6.07, 6.45) is 51.1. The number of allylic oxidation sites excluding steroid dienone is 12. The van der Waals surface area contributed by atoms with Gasteiger partial charge in [-0.3, -0.25) is 9.59 Å². The summed E-state index contributed by atoms with van der Waals surface area (Å²) in [5.74, 6) is -0.698. The van der Waals surface area contributed by atoms with Crippen LogP contribution in [-0.2, 0) is 19.1 Å². The molecule has 5 heteroatoms. The maximum atomic E-state index is 12.1. The van der Waals surface area contributed by atoms with Gasteiger partial charge in [-0.05, 0) is 77.0 Å². The number of carbonyl (C=O) groups excluding carboxylic acids is 2. The van der Waals surface area contributed by atoms with Crippen molar-refractivity contribution in [1.29, 1.82) is 0 Å². The van der Waals surface area contributed by atoms with E-state index in [9.17, 15) is 14.7 Å². The van der Waals surface area contributed by atoms with Crippen molar-refractivity contribution in [3.05, 3.63) is 72.9 Å². The van der Waals surface area contributed by atoms with Crippen LogP contribution in [0.2, 0.25) is 0 Å². The molecule has 1 atom stereocenters. The minimum atomic E-state index is -0.815. The summed E-state index contributed by atoms with van der Waals surface area (Å²) >= 11 is 0. The van der Waals surface area contributed by atoms with Crippen LogP contribution in [0.5, 0.6) is 0 Å². The van der Waals surface area contributed by atoms with Gasteiger partial charge < -0.3 is 14.6 Å². The molecule has 0 fully saturated rings. The quantitative estimate of drug-likeness (QED) is 0.0420. The Hall–Kier alpha value is -2.66. The number of unbranched alkanes of at least 4 members (excludes halogenated alkanes) is 14. The van der Waals surface area contributed by atoms with Crippen LogP contribution < -0.4 is 0 Å². The number of ether oxygens (including phenoxy) is 2. The maximum Gasteiger partial charge on any atom is 0.306 e. The van der Waals surface area contributed by atoms with Crippen molar-refractivity contribution < 1.29 is 24.2 Å². The molecule has 274 valence electrons. The fourth-order valence-electron chi connectivity index (χ4n) is 5.00. The van der Waals surface area contributed by atoms with Gasteiger partial charge in [-0.15, -0.1) is 0 Å². The Kier molecular flexibility index (Phi) is 36.6. The molecule has 0 spiro atoms. The zero-order chi connectivity index (χ0) is 35.0. The molecular weight excluding hydrogens is 596 g/mol. The number of hydrogen-bond acceptors (Lipinski definition) is 5. The van der Waals surface area contributed by atoms with Crippen molar-refractivity contribution in [3.63, 3.8) is 0 Å². The molecule has 1 unspecified atom stereocenters. The Morgan fingerprint density at radius 2 is 0.875 bits per heavy atom. The molecule has 0 aromatic heterocycles. The van der Waals surface area contributed by atoms with E-state index in [-0.39, 0.29) is 25.6 Å².